The van der Waals surface area contributed by atoms with Gasteiger partial charge in [-0.15, -0.1) is 0 Å². The van der Waals surface area contributed by atoms with E-state index in [9.17, 15) is 19.5 Å². The Morgan fingerprint density at radius 2 is 0.785 bits per heavy atom. The van der Waals surface area contributed by atoms with Crippen LogP contribution in [0.4, 0.5) is 0 Å². The summed E-state index contributed by atoms with van der Waals surface area (Å²) in [4.78, 5) is 43.7. The van der Waals surface area contributed by atoms with Gasteiger partial charge >= 0.3 is 17.9 Å². The maximum Gasteiger partial charge on any atom is 0.323 e. The zero-order chi connectivity index (χ0) is 46.1. The number of hydrogen-bond donors (Lipinski definition) is 3. The number of aliphatic hydroxyl groups is 1. The van der Waals surface area contributed by atoms with Crippen molar-refractivity contribution < 1.29 is 33.7 Å². The van der Waals surface area contributed by atoms with Crippen molar-refractivity contribution in [2.45, 2.75) is 94.9 Å². The van der Waals surface area contributed by atoms with Gasteiger partial charge < -0.3 is 19.3 Å². The molecular formula is C56H58N2O7. The van der Waals surface area contributed by atoms with Crippen LogP contribution in [0.5, 0.6) is 0 Å². The smallest absolute Gasteiger partial charge is 0.323 e. The highest BCUT2D eigenvalue weighted by Gasteiger charge is 2.51. The van der Waals surface area contributed by atoms with Crippen molar-refractivity contribution in [3.63, 3.8) is 0 Å². The molecule has 65 heavy (non-hydrogen) atoms. The van der Waals surface area contributed by atoms with Crippen molar-refractivity contribution in [3.05, 3.63) is 191 Å². The number of hydrogen-bond acceptors (Lipinski definition) is 9. The molecule has 9 nitrogen and oxygen atoms in total. The normalized spacial score (nSPS) is 16.1. The molecule has 8 rings (SSSR count). The van der Waals surface area contributed by atoms with Gasteiger partial charge in [0, 0.05) is 6.42 Å². The summed E-state index contributed by atoms with van der Waals surface area (Å²) in [5.74, 6) is -3.28. The Balaban J connectivity index is 1.23. The number of methoxy groups -OCH3 is 1. The first-order valence-electron chi connectivity index (χ1n) is 22.3. The first kappa shape index (κ1) is 45.2. The molecule has 3 N–H and O–H groups in total. The van der Waals surface area contributed by atoms with E-state index in [1.54, 1.807) is 41.5 Å². The van der Waals surface area contributed by atoms with E-state index in [1.807, 2.05) is 133 Å². The lowest BCUT2D eigenvalue weighted by Crippen LogP contribution is -2.56. The minimum absolute atomic E-state index is 0.238. The number of aliphatic hydroxyl groups excluding tert-OH is 1. The second-order valence-corrected chi connectivity index (χ2v) is 19.0. The van der Waals surface area contributed by atoms with Gasteiger partial charge in [-0.1, -0.05) is 158 Å². The van der Waals surface area contributed by atoms with Crippen LogP contribution < -0.4 is 10.6 Å². The molecule has 0 saturated carbocycles. The largest absolute Gasteiger partial charge is 0.469 e. The predicted octanol–water partition coefficient (Wildman–Crippen LogP) is 9.46. The maximum atomic E-state index is 14.8. The zero-order valence-electron chi connectivity index (χ0n) is 38.1. The van der Waals surface area contributed by atoms with E-state index in [0.29, 0.717) is 0 Å². The minimum atomic E-state index is -1.52. The third-order valence-corrected chi connectivity index (χ3v) is 12.4. The fraction of sp³-hybridized carbons (Fsp3) is 0.304. The Morgan fingerprint density at radius 1 is 0.477 bits per heavy atom. The van der Waals surface area contributed by atoms with E-state index >= 15 is 0 Å². The number of nitrogens with one attached hydrogen (secondary N) is 2. The van der Waals surface area contributed by atoms with E-state index < -0.39 is 64.3 Å². The molecule has 0 radical (unpaired) electrons. The summed E-state index contributed by atoms with van der Waals surface area (Å²) < 4.78 is 17.7. The highest BCUT2D eigenvalue weighted by Crippen LogP contribution is 2.53. The number of benzene rings is 6. The van der Waals surface area contributed by atoms with Crippen LogP contribution >= 0.6 is 0 Å². The van der Waals surface area contributed by atoms with E-state index in [1.165, 1.54) is 7.11 Å². The Kier molecular flexibility index (Phi) is 12.4. The second-order valence-electron chi connectivity index (χ2n) is 19.0. The molecule has 2 unspecified atom stereocenters. The van der Waals surface area contributed by atoms with Gasteiger partial charge in [0.05, 0.1) is 30.2 Å². The maximum absolute atomic E-state index is 14.8. The minimum Gasteiger partial charge on any atom is -0.469 e. The molecule has 0 saturated heterocycles. The summed E-state index contributed by atoms with van der Waals surface area (Å²) in [7, 11) is 1.26. The molecule has 0 spiro atoms. The standard InChI is InChI=1S/C56H58N2O7/c1-53(2,3)64-51(61)47(57-55(36-22-10-8-11-23-36)43-30-18-14-26-38(43)39-27-15-19-31-44(39)55)34-42(50(60)63-7)49(59)35-48(52(62)65-54(4,5)6)58-56(37-24-12-9-13-25-37)45-32-20-16-28-40(45)41-29-17-21-33-46(41)56/h8-33,42,47-49,57-59H,34-35H2,1-7H3/t42?,47-,48-,49?/m0/s1. The number of carbonyl (C=O) groups excluding carboxylic acids is 3. The van der Waals surface area contributed by atoms with E-state index in [-0.39, 0.29) is 12.8 Å². The van der Waals surface area contributed by atoms with Crippen molar-refractivity contribution in [2.24, 2.45) is 5.92 Å². The molecule has 0 heterocycles. The Labute approximate surface area is 382 Å². The lowest BCUT2D eigenvalue weighted by molar-refractivity contribution is -0.163. The summed E-state index contributed by atoms with van der Waals surface area (Å²) >= 11 is 0. The number of ether oxygens (including phenoxy) is 3. The molecule has 0 aliphatic heterocycles. The molecule has 6 aromatic rings. The summed E-state index contributed by atoms with van der Waals surface area (Å²) in [5.41, 5.74) is 5.54. The van der Waals surface area contributed by atoms with Crippen molar-refractivity contribution >= 4 is 17.9 Å². The van der Waals surface area contributed by atoms with Crippen LogP contribution in [0.15, 0.2) is 158 Å². The molecule has 4 atom stereocenters. The molecule has 0 aromatic heterocycles. The zero-order valence-corrected chi connectivity index (χ0v) is 38.1. The topological polar surface area (TPSA) is 123 Å². The van der Waals surface area contributed by atoms with Crippen LogP contribution in [0.2, 0.25) is 0 Å². The van der Waals surface area contributed by atoms with E-state index in [4.69, 9.17) is 14.2 Å². The van der Waals surface area contributed by atoms with Gasteiger partial charge in [0.1, 0.15) is 23.3 Å². The average molecular weight is 871 g/mol. The number of carbonyl (C=O) groups is 3. The van der Waals surface area contributed by atoms with Crippen LogP contribution in [0.1, 0.15) is 87.8 Å². The van der Waals surface area contributed by atoms with Crippen molar-refractivity contribution in [3.8, 4) is 22.3 Å². The summed E-state index contributed by atoms with van der Waals surface area (Å²) in [6, 6.07) is 49.8. The van der Waals surface area contributed by atoms with Crippen LogP contribution in [-0.2, 0) is 39.7 Å². The van der Waals surface area contributed by atoms with Crippen molar-refractivity contribution in [1.29, 1.82) is 0 Å². The van der Waals surface area contributed by atoms with Crippen LogP contribution in [0, 0.1) is 5.92 Å². The second kappa shape index (κ2) is 17.9. The number of esters is 3. The first-order chi connectivity index (χ1) is 31.1. The molecule has 0 amide bonds. The molecule has 334 valence electrons. The van der Waals surface area contributed by atoms with Gasteiger partial charge in [0.2, 0.25) is 0 Å². The van der Waals surface area contributed by atoms with Gasteiger partial charge in [0.15, 0.2) is 0 Å². The van der Waals surface area contributed by atoms with Gasteiger partial charge in [-0.05, 0) is 104 Å². The summed E-state index contributed by atoms with van der Waals surface area (Å²) in [6.45, 7) is 10.8. The van der Waals surface area contributed by atoms with Gasteiger partial charge in [-0.25, -0.2) is 0 Å². The highest BCUT2D eigenvalue weighted by atomic mass is 16.6. The van der Waals surface area contributed by atoms with Gasteiger partial charge in [-0.3, -0.25) is 25.0 Å². The van der Waals surface area contributed by atoms with E-state index in [2.05, 4.69) is 34.9 Å². The highest BCUT2D eigenvalue weighted by molar-refractivity contribution is 5.86. The fourth-order valence-corrected chi connectivity index (χ4v) is 9.86. The average Bonchev–Trinajstić information content (AvgIpc) is 3.74. The first-order valence-corrected chi connectivity index (χ1v) is 22.3. The summed E-state index contributed by atoms with van der Waals surface area (Å²) in [6.07, 6.45) is -2.03. The number of rotatable bonds is 14. The summed E-state index contributed by atoms with van der Waals surface area (Å²) in [5, 5.41) is 20.1. The third-order valence-electron chi connectivity index (χ3n) is 12.4. The van der Waals surface area contributed by atoms with Gasteiger partial charge in [0.25, 0.3) is 0 Å². The molecule has 2 aliphatic carbocycles. The van der Waals surface area contributed by atoms with Crippen LogP contribution in [0.25, 0.3) is 22.3 Å². The van der Waals surface area contributed by atoms with Crippen molar-refractivity contribution in [1.82, 2.24) is 10.6 Å². The lowest BCUT2D eigenvalue weighted by atomic mass is 9.78. The van der Waals surface area contributed by atoms with Crippen LogP contribution in [-0.4, -0.2) is 59.5 Å². The molecule has 9 heteroatoms. The van der Waals surface area contributed by atoms with Crippen molar-refractivity contribution in [2.75, 3.05) is 7.11 Å². The predicted molar refractivity (Wildman–Crippen MR) is 253 cm³/mol. The molecule has 0 fully saturated rings. The Morgan fingerprint density at radius 3 is 1.11 bits per heavy atom. The number of fused-ring (bicyclic) bond motifs is 6. The molecule has 0 bridgehead atoms. The molecule has 2 aliphatic rings. The molecule has 6 aromatic carbocycles. The fourth-order valence-electron chi connectivity index (χ4n) is 9.86. The molecular weight excluding hydrogens is 813 g/mol. The third kappa shape index (κ3) is 8.64. The van der Waals surface area contributed by atoms with E-state index in [0.717, 1.165) is 55.6 Å². The Bertz CT molecular complexity index is 2590. The Hall–Kier alpha value is -6.39. The quantitative estimate of drug-likeness (QED) is 0.0726. The lowest BCUT2D eigenvalue weighted by Gasteiger charge is -2.40. The van der Waals surface area contributed by atoms with Crippen LogP contribution in [0.3, 0.4) is 0 Å². The SMILES string of the molecule is COC(=O)C(C[C@H](NC1(c2ccccc2)c2ccccc2-c2ccccc21)C(=O)OC(C)(C)C)C(O)C[C@H](NC1(c2ccccc2)c2ccccc2-c2ccccc21)C(=O)OC(C)(C)C. The monoisotopic (exact) mass is 870 g/mol. The van der Waals surface area contributed by atoms with Gasteiger partial charge in [-0.2, -0.15) is 0 Å².